The third-order valence-corrected chi connectivity index (χ3v) is 6.29. The highest BCUT2D eigenvalue weighted by Crippen LogP contribution is 2.65. The number of hydrogen-bond donors (Lipinski definition) is 1. The number of carbonyl (C=O) groups excluding carboxylic acids is 2. The maximum Gasteiger partial charge on any atom is 0.235 e. The van der Waals surface area contributed by atoms with Gasteiger partial charge in [0.25, 0.3) is 0 Å². The van der Waals surface area contributed by atoms with Crippen LogP contribution in [0.1, 0.15) is 6.42 Å². The average Bonchev–Trinajstić information content (AvgIpc) is 3.39. The number of imide groups is 1. The first-order chi connectivity index (χ1) is 11.7. The fourth-order valence-electron chi connectivity index (χ4n) is 5.13. The molecule has 24 heavy (non-hydrogen) atoms. The molecule has 1 N–H and O–H groups in total. The lowest BCUT2D eigenvalue weighted by molar-refractivity contribution is -0.139. The van der Waals surface area contributed by atoms with Gasteiger partial charge in [-0.2, -0.15) is 0 Å². The van der Waals surface area contributed by atoms with Crippen molar-refractivity contribution < 1.29 is 14.3 Å². The second-order valence-electron chi connectivity index (χ2n) is 7.29. The topological polar surface area (TPSA) is 58.6 Å². The number of carbonyl (C=O) groups is 2. The van der Waals surface area contributed by atoms with Crippen LogP contribution in [-0.4, -0.2) is 30.5 Å². The number of allylic oxidation sites excluding steroid dienone is 2. The van der Waals surface area contributed by atoms with Crippen LogP contribution in [0.15, 0.2) is 36.4 Å². The summed E-state index contributed by atoms with van der Waals surface area (Å²) in [6.45, 7) is 0.208. The number of rotatable bonds is 4. The number of anilines is 1. The van der Waals surface area contributed by atoms with Crippen LogP contribution in [-0.2, 0) is 9.59 Å². The Balaban J connectivity index is 1.37. The summed E-state index contributed by atoms with van der Waals surface area (Å²) >= 11 is 0. The Labute approximate surface area is 140 Å². The molecule has 0 spiro atoms. The van der Waals surface area contributed by atoms with Gasteiger partial charge >= 0.3 is 0 Å². The van der Waals surface area contributed by atoms with Gasteiger partial charge in [-0.1, -0.05) is 24.3 Å². The third kappa shape index (κ3) is 1.75. The van der Waals surface area contributed by atoms with Crippen LogP contribution in [0.25, 0.3) is 0 Å². The quantitative estimate of drug-likeness (QED) is 0.681. The van der Waals surface area contributed by atoms with Crippen LogP contribution in [0.3, 0.4) is 0 Å². The van der Waals surface area contributed by atoms with Crippen molar-refractivity contribution in [3.8, 4) is 5.75 Å². The molecule has 2 saturated carbocycles. The van der Waals surface area contributed by atoms with Gasteiger partial charge in [-0.15, -0.1) is 0 Å². The maximum absolute atomic E-state index is 12.9. The number of likely N-dealkylation sites (tertiary alicyclic amines) is 1. The van der Waals surface area contributed by atoms with E-state index < -0.39 is 0 Å². The summed E-state index contributed by atoms with van der Waals surface area (Å²) in [6.07, 6.45) is 5.58. The summed E-state index contributed by atoms with van der Waals surface area (Å²) in [7, 11) is 1.61. The summed E-state index contributed by atoms with van der Waals surface area (Å²) in [6, 6.07) is 7.53. The number of ether oxygens (including phenoxy) is 1. The molecule has 0 radical (unpaired) electrons. The minimum absolute atomic E-state index is 0.00269. The minimum Gasteiger partial charge on any atom is -0.495 e. The van der Waals surface area contributed by atoms with E-state index >= 15 is 0 Å². The zero-order valence-electron chi connectivity index (χ0n) is 13.5. The van der Waals surface area contributed by atoms with Gasteiger partial charge < -0.3 is 10.1 Å². The van der Waals surface area contributed by atoms with Gasteiger partial charge in [-0.3, -0.25) is 14.5 Å². The van der Waals surface area contributed by atoms with Crippen molar-refractivity contribution in [3.63, 3.8) is 0 Å². The first-order valence-corrected chi connectivity index (χ1v) is 8.61. The standard InChI is InChI=1S/C19H20N2O3/c1-24-15-5-3-2-4-14(15)20-9-21-18(22)16-10-6-7-11(13-8-12(10)13)17(16)19(21)23/h2-7,10-13,16-17,20H,8-9H2,1H3/t10-,11-,12-,13-,16+,17+/m1/s1. The van der Waals surface area contributed by atoms with E-state index in [1.165, 1.54) is 11.3 Å². The molecule has 1 saturated heterocycles. The molecule has 5 heteroatoms. The normalized spacial score (nSPS) is 38.1. The number of nitrogens with zero attached hydrogens (tertiary/aromatic N) is 1. The number of para-hydroxylation sites is 2. The second kappa shape index (κ2) is 4.85. The van der Waals surface area contributed by atoms with Crippen molar-refractivity contribution in [3.05, 3.63) is 36.4 Å². The van der Waals surface area contributed by atoms with E-state index in [-0.39, 0.29) is 42.2 Å². The Morgan fingerprint density at radius 1 is 1.08 bits per heavy atom. The Morgan fingerprint density at radius 2 is 1.71 bits per heavy atom. The lowest BCUT2D eigenvalue weighted by atomic mass is 9.63. The summed E-state index contributed by atoms with van der Waals surface area (Å²) in [5.41, 5.74) is 0.791. The van der Waals surface area contributed by atoms with Gasteiger partial charge in [-0.25, -0.2) is 0 Å². The predicted octanol–water partition coefficient (Wildman–Crippen LogP) is 2.12. The van der Waals surface area contributed by atoms with Gasteiger partial charge in [0, 0.05) is 0 Å². The lowest BCUT2D eigenvalue weighted by Crippen LogP contribution is -2.40. The summed E-state index contributed by atoms with van der Waals surface area (Å²) in [5.74, 6) is 2.27. The third-order valence-electron chi connectivity index (χ3n) is 6.29. The molecule has 1 aliphatic heterocycles. The number of benzene rings is 1. The van der Waals surface area contributed by atoms with Crippen molar-refractivity contribution in [2.75, 3.05) is 19.1 Å². The Morgan fingerprint density at radius 3 is 2.33 bits per heavy atom. The summed E-state index contributed by atoms with van der Waals surface area (Å²) in [5, 5.41) is 3.19. The smallest absolute Gasteiger partial charge is 0.235 e. The summed E-state index contributed by atoms with van der Waals surface area (Å²) in [4.78, 5) is 27.2. The average molecular weight is 324 g/mol. The lowest BCUT2D eigenvalue weighted by Gasteiger charge is -2.37. The molecule has 4 aliphatic carbocycles. The molecule has 2 bridgehead atoms. The summed E-state index contributed by atoms with van der Waals surface area (Å²) < 4.78 is 5.31. The van der Waals surface area contributed by atoms with E-state index in [0.29, 0.717) is 17.6 Å². The highest BCUT2D eigenvalue weighted by atomic mass is 16.5. The van der Waals surface area contributed by atoms with Crippen LogP contribution in [0.2, 0.25) is 0 Å². The maximum atomic E-state index is 12.9. The molecule has 124 valence electrons. The van der Waals surface area contributed by atoms with E-state index in [9.17, 15) is 9.59 Å². The number of methoxy groups -OCH3 is 1. The van der Waals surface area contributed by atoms with Crippen LogP contribution in [0.5, 0.6) is 5.75 Å². The molecule has 3 fully saturated rings. The first-order valence-electron chi connectivity index (χ1n) is 8.61. The van der Waals surface area contributed by atoms with E-state index in [2.05, 4.69) is 17.5 Å². The SMILES string of the molecule is COc1ccccc1NCN1C(=O)[C@H]2[C@@H]3C=C[C@H]([C@H]4C[C@H]34)[C@@H]2C1=O. The van der Waals surface area contributed by atoms with Gasteiger partial charge in [0.05, 0.1) is 31.3 Å². The molecule has 6 atom stereocenters. The Bertz CT molecular complexity index is 723. The van der Waals surface area contributed by atoms with Crippen molar-refractivity contribution in [1.82, 2.24) is 4.90 Å². The molecule has 1 aromatic carbocycles. The van der Waals surface area contributed by atoms with Gasteiger partial charge in [0.2, 0.25) is 11.8 Å². The van der Waals surface area contributed by atoms with Crippen LogP contribution in [0, 0.1) is 35.5 Å². The highest BCUT2D eigenvalue weighted by molar-refractivity contribution is 6.06. The fraction of sp³-hybridized carbons (Fsp3) is 0.474. The number of nitrogens with one attached hydrogen (secondary N) is 1. The van der Waals surface area contributed by atoms with Crippen molar-refractivity contribution in [1.29, 1.82) is 0 Å². The highest BCUT2D eigenvalue weighted by Gasteiger charge is 2.66. The van der Waals surface area contributed by atoms with Gasteiger partial charge in [0.1, 0.15) is 5.75 Å². The van der Waals surface area contributed by atoms with Gasteiger partial charge in [-0.05, 0) is 42.2 Å². The fourth-order valence-corrected chi connectivity index (χ4v) is 5.13. The Hall–Kier alpha value is -2.30. The van der Waals surface area contributed by atoms with E-state index in [1.807, 2.05) is 24.3 Å². The molecule has 2 amide bonds. The van der Waals surface area contributed by atoms with Gasteiger partial charge in [0.15, 0.2) is 0 Å². The second-order valence-corrected chi connectivity index (χ2v) is 7.29. The number of amides is 2. The predicted molar refractivity (Wildman–Crippen MR) is 88.0 cm³/mol. The van der Waals surface area contributed by atoms with E-state index in [4.69, 9.17) is 4.74 Å². The molecule has 5 aliphatic rings. The number of hydrogen-bond acceptors (Lipinski definition) is 4. The van der Waals surface area contributed by atoms with Crippen molar-refractivity contribution in [2.45, 2.75) is 6.42 Å². The minimum atomic E-state index is -0.129. The first kappa shape index (κ1) is 14.1. The van der Waals surface area contributed by atoms with Crippen molar-refractivity contribution >= 4 is 17.5 Å². The molecular formula is C19H20N2O3. The Kier molecular flexibility index (Phi) is 2.84. The van der Waals surface area contributed by atoms with E-state index in [1.54, 1.807) is 7.11 Å². The zero-order valence-corrected chi connectivity index (χ0v) is 13.5. The van der Waals surface area contributed by atoms with Crippen molar-refractivity contribution in [2.24, 2.45) is 35.5 Å². The molecular weight excluding hydrogens is 304 g/mol. The molecule has 6 rings (SSSR count). The molecule has 1 aromatic rings. The van der Waals surface area contributed by atoms with E-state index in [0.717, 1.165) is 5.69 Å². The van der Waals surface area contributed by atoms with Crippen LogP contribution < -0.4 is 10.1 Å². The van der Waals surface area contributed by atoms with Crippen LogP contribution in [0.4, 0.5) is 5.69 Å². The van der Waals surface area contributed by atoms with Crippen LogP contribution >= 0.6 is 0 Å². The monoisotopic (exact) mass is 324 g/mol. The zero-order chi connectivity index (χ0) is 16.4. The molecule has 0 aromatic heterocycles. The molecule has 1 heterocycles. The molecule has 5 nitrogen and oxygen atoms in total. The molecule has 0 unspecified atom stereocenters. The largest absolute Gasteiger partial charge is 0.495 e.